The van der Waals surface area contributed by atoms with Crippen LogP contribution < -0.4 is 10.6 Å². The number of halogens is 1. The zero-order valence-electron chi connectivity index (χ0n) is 15.3. The first kappa shape index (κ1) is 22.2. The van der Waals surface area contributed by atoms with E-state index in [1.807, 2.05) is 24.4 Å². The monoisotopic (exact) mass is 460 g/mol. The second-order valence-corrected chi connectivity index (χ2v) is 6.73. The minimum atomic E-state index is 0. The number of guanidine groups is 1. The van der Waals surface area contributed by atoms with Crippen molar-refractivity contribution in [2.24, 2.45) is 10.4 Å². The van der Waals surface area contributed by atoms with Crippen molar-refractivity contribution in [2.75, 3.05) is 26.2 Å². The van der Waals surface area contributed by atoms with E-state index in [0.29, 0.717) is 0 Å². The molecule has 0 saturated heterocycles. The maximum Gasteiger partial charge on any atom is 0.191 e. The molecule has 0 amide bonds. The third-order valence-electron chi connectivity index (χ3n) is 4.87. The van der Waals surface area contributed by atoms with Crippen molar-refractivity contribution in [3.05, 3.63) is 30.1 Å². The number of rotatable bonds is 8. The Hall–Kier alpha value is -0.890. The number of nitrogens with zero attached hydrogens (tertiary/aromatic N) is 2. The zero-order chi connectivity index (χ0) is 17.1. The Morgan fingerprint density at radius 3 is 2.68 bits per heavy atom. The number of aromatic nitrogens is 1. The summed E-state index contributed by atoms with van der Waals surface area (Å²) in [6.45, 7) is 4.81. The highest BCUT2D eigenvalue weighted by Gasteiger charge is 2.31. The van der Waals surface area contributed by atoms with E-state index < -0.39 is 0 Å². The van der Waals surface area contributed by atoms with Crippen LogP contribution in [0.15, 0.2) is 29.4 Å². The van der Waals surface area contributed by atoms with E-state index in [1.165, 1.54) is 32.1 Å². The Balaban J connectivity index is 0.00000312. The first-order valence-corrected chi connectivity index (χ1v) is 9.31. The summed E-state index contributed by atoms with van der Waals surface area (Å²) < 4.78 is 0. The molecule has 2 rings (SSSR count). The first-order valence-electron chi connectivity index (χ1n) is 9.31. The second-order valence-electron chi connectivity index (χ2n) is 6.73. The molecular formula is C19H33IN4O. The van der Waals surface area contributed by atoms with Gasteiger partial charge in [0, 0.05) is 44.6 Å². The molecule has 3 N–H and O–H groups in total. The molecule has 0 unspecified atom stereocenters. The van der Waals surface area contributed by atoms with Crippen LogP contribution in [0, 0.1) is 5.41 Å². The molecule has 142 valence electrons. The molecule has 0 spiro atoms. The van der Waals surface area contributed by atoms with Gasteiger partial charge in [0.15, 0.2) is 5.96 Å². The number of aliphatic hydroxyl groups is 1. The van der Waals surface area contributed by atoms with Gasteiger partial charge in [-0.3, -0.25) is 9.98 Å². The van der Waals surface area contributed by atoms with Gasteiger partial charge in [0.1, 0.15) is 0 Å². The van der Waals surface area contributed by atoms with Gasteiger partial charge in [-0.1, -0.05) is 25.3 Å². The van der Waals surface area contributed by atoms with E-state index in [1.54, 1.807) is 0 Å². The van der Waals surface area contributed by atoms with Crippen molar-refractivity contribution in [3.63, 3.8) is 0 Å². The molecule has 5 nitrogen and oxygen atoms in total. The Kier molecular flexibility index (Phi) is 11.0. The van der Waals surface area contributed by atoms with E-state index in [-0.39, 0.29) is 36.0 Å². The molecule has 6 heteroatoms. The van der Waals surface area contributed by atoms with Crippen molar-refractivity contribution >= 4 is 29.9 Å². The van der Waals surface area contributed by atoms with Crippen LogP contribution in [0.25, 0.3) is 0 Å². The lowest BCUT2D eigenvalue weighted by molar-refractivity contribution is 0.137. The van der Waals surface area contributed by atoms with Gasteiger partial charge in [-0.25, -0.2) is 0 Å². The molecule has 0 bridgehead atoms. The van der Waals surface area contributed by atoms with Gasteiger partial charge in [-0.2, -0.15) is 0 Å². The average molecular weight is 460 g/mol. The van der Waals surface area contributed by atoms with Crippen LogP contribution in [0.2, 0.25) is 0 Å². The van der Waals surface area contributed by atoms with Gasteiger partial charge in [0.05, 0.1) is 0 Å². The zero-order valence-corrected chi connectivity index (χ0v) is 17.7. The Morgan fingerprint density at radius 2 is 2.04 bits per heavy atom. The van der Waals surface area contributed by atoms with Crippen molar-refractivity contribution in [2.45, 2.75) is 51.9 Å². The van der Waals surface area contributed by atoms with E-state index in [0.717, 1.165) is 44.1 Å². The molecule has 1 aliphatic carbocycles. The SMILES string of the molecule is CCNC(=NCC1(CCO)CCCCC1)NCCc1ccccn1.I. The molecule has 1 heterocycles. The Morgan fingerprint density at radius 1 is 1.24 bits per heavy atom. The third-order valence-corrected chi connectivity index (χ3v) is 4.87. The minimum Gasteiger partial charge on any atom is -0.396 e. The van der Waals surface area contributed by atoms with Gasteiger partial charge in [-0.05, 0) is 43.7 Å². The fourth-order valence-electron chi connectivity index (χ4n) is 3.47. The number of hydrogen-bond donors (Lipinski definition) is 3. The van der Waals surface area contributed by atoms with Crippen molar-refractivity contribution < 1.29 is 5.11 Å². The highest BCUT2D eigenvalue weighted by Crippen LogP contribution is 2.39. The van der Waals surface area contributed by atoms with E-state index in [2.05, 4.69) is 22.5 Å². The molecule has 0 aromatic carbocycles. The number of aliphatic imine (C=N–C) groups is 1. The van der Waals surface area contributed by atoms with Crippen LogP contribution in [0.3, 0.4) is 0 Å². The summed E-state index contributed by atoms with van der Waals surface area (Å²) >= 11 is 0. The molecule has 1 aromatic heterocycles. The van der Waals surface area contributed by atoms with E-state index >= 15 is 0 Å². The highest BCUT2D eigenvalue weighted by atomic mass is 127. The Labute approximate surface area is 169 Å². The van der Waals surface area contributed by atoms with E-state index in [4.69, 9.17) is 4.99 Å². The van der Waals surface area contributed by atoms with E-state index in [9.17, 15) is 5.11 Å². The minimum absolute atomic E-state index is 0. The largest absolute Gasteiger partial charge is 0.396 e. The van der Waals surface area contributed by atoms with Gasteiger partial charge >= 0.3 is 0 Å². The first-order chi connectivity index (χ1) is 11.8. The second kappa shape index (κ2) is 12.5. The summed E-state index contributed by atoms with van der Waals surface area (Å²) in [4.78, 5) is 9.17. The number of hydrogen-bond acceptors (Lipinski definition) is 3. The average Bonchev–Trinajstić information content (AvgIpc) is 2.62. The van der Waals surface area contributed by atoms with Crippen LogP contribution in [-0.2, 0) is 6.42 Å². The van der Waals surface area contributed by atoms with Crippen molar-refractivity contribution in [1.82, 2.24) is 15.6 Å². The predicted octanol–water partition coefficient (Wildman–Crippen LogP) is 3.13. The van der Waals surface area contributed by atoms with Crippen LogP contribution >= 0.6 is 24.0 Å². The van der Waals surface area contributed by atoms with Crippen LogP contribution in [0.1, 0.15) is 51.1 Å². The summed E-state index contributed by atoms with van der Waals surface area (Å²) in [5.74, 6) is 0.872. The molecule has 1 fully saturated rings. The smallest absolute Gasteiger partial charge is 0.191 e. The topological polar surface area (TPSA) is 69.5 Å². The fraction of sp³-hybridized carbons (Fsp3) is 0.684. The summed E-state index contributed by atoms with van der Waals surface area (Å²) in [7, 11) is 0. The summed E-state index contributed by atoms with van der Waals surface area (Å²) in [5.41, 5.74) is 1.28. The number of pyridine rings is 1. The lowest BCUT2D eigenvalue weighted by Crippen LogP contribution is -2.40. The molecular weight excluding hydrogens is 427 g/mol. The predicted molar refractivity (Wildman–Crippen MR) is 115 cm³/mol. The Bertz CT molecular complexity index is 484. The highest BCUT2D eigenvalue weighted by molar-refractivity contribution is 14.0. The standard InChI is InChI=1S/C19H32N4O.HI/c1-2-20-18(22-14-9-17-8-4-7-13-21-17)23-16-19(12-15-24)10-5-3-6-11-19;/h4,7-8,13,24H,2-3,5-6,9-12,14-16H2,1H3,(H2,20,22,23);1H. The molecule has 25 heavy (non-hydrogen) atoms. The lowest BCUT2D eigenvalue weighted by Gasteiger charge is -2.35. The van der Waals surface area contributed by atoms with Crippen LogP contribution in [-0.4, -0.2) is 42.3 Å². The summed E-state index contributed by atoms with van der Waals surface area (Å²) in [6, 6.07) is 6.00. The normalized spacial score (nSPS) is 16.8. The summed E-state index contributed by atoms with van der Waals surface area (Å²) in [6.07, 6.45) is 9.79. The lowest BCUT2D eigenvalue weighted by atomic mass is 9.72. The quantitative estimate of drug-likeness (QED) is 0.317. The maximum atomic E-state index is 9.43. The van der Waals surface area contributed by atoms with Crippen molar-refractivity contribution in [1.29, 1.82) is 0 Å². The molecule has 0 atom stereocenters. The maximum absolute atomic E-state index is 9.43. The third kappa shape index (κ3) is 7.90. The van der Waals surface area contributed by atoms with Crippen molar-refractivity contribution in [3.8, 4) is 0 Å². The van der Waals surface area contributed by atoms with Crippen LogP contribution in [0.4, 0.5) is 0 Å². The van der Waals surface area contributed by atoms with Gasteiger partial charge in [0.25, 0.3) is 0 Å². The number of nitrogens with one attached hydrogen (secondary N) is 2. The molecule has 1 saturated carbocycles. The number of aliphatic hydroxyl groups excluding tert-OH is 1. The van der Waals surface area contributed by atoms with Gasteiger partial charge in [-0.15, -0.1) is 24.0 Å². The fourth-order valence-corrected chi connectivity index (χ4v) is 3.47. The van der Waals surface area contributed by atoms with Crippen LogP contribution in [0.5, 0.6) is 0 Å². The molecule has 0 aliphatic heterocycles. The molecule has 1 aromatic rings. The molecule has 1 aliphatic rings. The molecule has 0 radical (unpaired) electrons. The van der Waals surface area contributed by atoms with Gasteiger partial charge < -0.3 is 15.7 Å². The van der Waals surface area contributed by atoms with Gasteiger partial charge in [0.2, 0.25) is 0 Å². The summed E-state index contributed by atoms with van der Waals surface area (Å²) in [5, 5.41) is 16.2.